The average molecular weight is 250 g/mol. The third-order valence-corrected chi connectivity index (χ3v) is 2.90. The van der Waals surface area contributed by atoms with Crippen LogP contribution < -0.4 is 0 Å². The van der Waals surface area contributed by atoms with E-state index in [1.807, 2.05) is 31.2 Å². The van der Waals surface area contributed by atoms with Gasteiger partial charge in [0.25, 0.3) is 0 Å². The first-order valence-electron chi connectivity index (χ1n) is 5.77. The Morgan fingerprint density at radius 3 is 2.39 bits per heavy atom. The number of aryl methyl sites for hydroxylation is 1. The van der Waals surface area contributed by atoms with Gasteiger partial charge in [-0.3, -0.25) is 9.59 Å². The molecule has 1 unspecified atom stereocenters. The lowest BCUT2D eigenvalue weighted by atomic mass is 9.94. The van der Waals surface area contributed by atoms with Gasteiger partial charge in [0.2, 0.25) is 0 Å². The van der Waals surface area contributed by atoms with Crippen LogP contribution in [-0.4, -0.2) is 26.2 Å². The van der Waals surface area contributed by atoms with E-state index in [0.29, 0.717) is 6.42 Å². The van der Waals surface area contributed by atoms with E-state index in [1.54, 1.807) is 0 Å². The Morgan fingerprint density at radius 2 is 1.83 bits per heavy atom. The van der Waals surface area contributed by atoms with Crippen molar-refractivity contribution in [1.29, 1.82) is 0 Å². The molecule has 1 atom stereocenters. The predicted molar refractivity (Wildman–Crippen MR) is 67.0 cm³/mol. The van der Waals surface area contributed by atoms with E-state index in [2.05, 4.69) is 4.74 Å². The summed E-state index contributed by atoms with van der Waals surface area (Å²) in [5.74, 6) is -1.29. The van der Waals surface area contributed by atoms with E-state index in [9.17, 15) is 9.59 Å². The number of methoxy groups -OCH3 is 2. The largest absolute Gasteiger partial charge is 0.469 e. The first-order valence-corrected chi connectivity index (χ1v) is 5.77. The Labute approximate surface area is 107 Å². The Balaban J connectivity index is 2.82. The molecule has 1 aromatic rings. The molecule has 0 aliphatic heterocycles. The van der Waals surface area contributed by atoms with Crippen molar-refractivity contribution in [2.45, 2.75) is 19.8 Å². The second kappa shape index (κ2) is 6.79. The van der Waals surface area contributed by atoms with Crippen molar-refractivity contribution in [2.75, 3.05) is 14.2 Å². The lowest BCUT2D eigenvalue weighted by Crippen LogP contribution is -2.23. The van der Waals surface area contributed by atoms with Crippen LogP contribution in [0.2, 0.25) is 0 Å². The number of hydrogen-bond acceptors (Lipinski definition) is 4. The highest BCUT2D eigenvalue weighted by molar-refractivity contribution is 5.80. The summed E-state index contributed by atoms with van der Waals surface area (Å²) in [6, 6.07) is 7.77. The third-order valence-electron chi connectivity index (χ3n) is 2.90. The normalized spacial score (nSPS) is 11.7. The molecule has 4 heteroatoms. The molecule has 0 spiro atoms. The molecule has 0 aliphatic carbocycles. The van der Waals surface area contributed by atoms with E-state index in [-0.39, 0.29) is 12.4 Å². The number of carbonyl (C=O) groups excluding carboxylic acids is 2. The van der Waals surface area contributed by atoms with E-state index in [0.717, 1.165) is 11.1 Å². The third kappa shape index (κ3) is 3.87. The molecular weight excluding hydrogens is 232 g/mol. The zero-order valence-corrected chi connectivity index (χ0v) is 10.9. The summed E-state index contributed by atoms with van der Waals surface area (Å²) in [4.78, 5) is 22.9. The molecular formula is C14H18O4. The topological polar surface area (TPSA) is 52.6 Å². The van der Waals surface area contributed by atoms with Crippen LogP contribution in [0.1, 0.15) is 17.5 Å². The molecule has 0 saturated heterocycles. The predicted octanol–water partition coefficient (Wildman–Crippen LogP) is 1.89. The fraction of sp³-hybridized carbons (Fsp3) is 0.429. The van der Waals surface area contributed by atoms with Crippen molar-refractivity contribution in [3.63, 3.8) is 0 Å². The van der Waals surface area contributed by atoms with Crippen molar-refractivity contribution in [3.8, 4) is 0 Å². The number of carbonyl (C=O) groups is 2. The molecule has 0 aromatic heterocycles. The van der Waals surface area contributed by atoms with Gasteiger partial charge in [-0.1, -0.05) is 24.3 Å². The molecule has 98 valence electrons. The van der Waals surface area contributed by atoms with Crippen LogP contribution in [0, 0.1) is 12.8 Å². The SMILES string of the molecule is COC(=O)CC(Cc1ccccc1C)C(=O)OC. The summed E-state index contributed by atoms with van der Waals surface area (Å²) in [5, 5.41) is 0. The molecule has 1 aromatic carbocycles. The maximum absolute atomic E-state index is 11.6. The second-order valence-electron chi connectivity index (χ2n) is 4.13. The van der Waals surface area contributed by atoms with E-state index >= 15 is 0 Å². The second-order valence-corrected chi connectivity index (χ2v) is 4.13. The number of benzene rings is 1. The van der Waals surface area contributed by atoms with Gasteiger partial charge in [-0.2, -0.15) is 0 Å². The lowest BCUT2D eigenvalue weighted by molar-refractivity contribution is -0.151. The quantitative estimate of drug-likeness (QED) is 0.749. The Morgan fingerprint density at radius 1 is 1.17 bits per heavy atom. The Bertz CT molecular complexity index is 426. The van der Waals surface area contributed by atoms with E-state index in [1.165, 1.54) is 14.2 Å². The number of rotatable bonds is 5. The van der Waals surface area contributed by atoms with Crippen LogP contribution in [0.3, 0.4) is 0 Å². The van der Waals surface area contributed by atoms with Crippen LogP contribution in [0.5, 0.6) is 0 Å². The maximum atomic E-state index is 11.6. The number of ether oxygens (including phenoxy) is 2. The van der Waals surface area contributed by atoms with Gasteiger partial charge in [0.05, 0.1) is 26.6 Å². The molecule has 0 fully saturated rings. The average Bonchev–Trinajstić information content (AvgIpc) is 2.39. The first-order chi connectivity index (χ1) is 8.58. The highest BCUT2D eigenvalue weighted by Gasteiger charge is 2.24. The highest BCUT2D eigenvalue weighted by atomic mass is 16.5. The van der Waals surface area contributed by atoms with Crippen LogP contribution in [-0.2, 0) is 25.5 Å². The summed E-state index contributed by atoms with van der Waals surface area (Å²) in [5.41, 5.74) is 2.13. The van der Waals surface area contributed by atoms with Gasteiger partial charge in [-0.15, -0.1) is 0 Å². The fourth-order valence-electron chi connectivity index (χ4n) is 1.79. The summed E-state index contributed by atoms with van der Waals surface area (Å²) >= 11 is 0. The molecule has 0 radical (unpaired) electrons. The fourth-order valence-corrected chi connectivity index (χ4v) is 1.79. The van der Waals surface area contributed by atoms with Crippen molar-refractivity contribution in [1.82, 2.24) is 0 Å². The summed E-state index contributed by atoms with van der Waals surface area (Å²) < 4.78 is 9.32. The number of esters is 2. The van der Waals surface area contributed by atoms with Gasteiger partial charge in [0.15, 0.2) is 0 Å². The maximum Gasteiger partial charge on any atom is 0.309 e. The minimum Gasteiger partial charge on any atom is -0.469 e. The molecule has 0 amide bonds. The van der Waals surface area contributed by atoms with Gasteiger partial charge >= 0.3 is 11.9 Å². The molecule has 4 nitrogen and oxygen atoms in total. The van der Waals surface area contributed by atoms with Crippen molar-refractivity contribution in [2.24, 2.45) is 5.92 Å². The standard InChI is InChI=1S/C14H18O4/c1-10-6-4-5-7-11(10)8-12(14(16)18-3)9-13(15)17-2/h4-7,12H,8-9H2,1-3H3. The molecule has 0 bridgehead atoms. The highest BCUT2D eigenvalue weighted by Crippen LogP contribution is 2.17. The van der Waals surface area contributed by atoms with Crippen LogP contribution >= 0.6 is 0 Å². The first kappa shape index (κ1) is 14.2. The van der Waals surface area contributed by atoms with E-state index < -0.39 is 11.9 Å². The van der Waals surface area contributed by atoms with Crippen molar-refractivity contribution >= 4 is 11.9 Å². The van der Waals surface area contributed by atoms with Gasteiger partial charge in [0.1, 0.15) is 0 Å². The molecule has 0 heterocycles. The van der Waals surface area contributed by atoms with Gasteiger partial charge in [-0.25, -0.2) is 0 Å². The minimum absolute atomic E-state index is 0.0392. The van der Waals surface area contributed by atoms with Crippen LogP contribution in [0.4, 0.5) is 0 Å². The Kier molecular flexibility index (Phi) is 5.36. The van der Waals surface area contributed by atoms with Crippen LogP contribution in [0.25, 0.3) is 0 Å². The number of hydrogen-bond donors (Lipinski definition) is 0. The van der Waals surface area contributed by atoms with Gasteiger partial charge in [-0.05, 0) is 24.5 Å². The summed E-state index contributed by atoms with van der Waals surface area (Å²) in [6.07, 6.45) is 0.520. The van der Waals surface area contributed by atoms with Gasteiger partial charge < -0.3 is 9.47 Å². The molecule has 18 heavy (non-hydrogen) atoms. The Hall–Kier alpha value is -1.84. The van der Waals surface area contributed by atoms with Crippen LogP contribution in [0.15, 0.2) is 24.3 Å². The summed E-state index contributed by atoms with van der Waals surface area (Å²) in [6.45, 7) is 1.97. The minimum atomic E-state index is -0.497. The summed E-state index contributed by atoms with van der Waals surface area (Å²) in [7, 11) is 2.63. The van der Waals surface area contributed by atoms with E-state index in [4.69, 9.17) is 4.74 Å². The zero-order chi connectivity index (χ0) is 13.5. The smallest absolute Gasteiger partial charge is 0.309 e. The molecule has 0 N–H and O–H groups in total. The van der Waals surface area contributed by atoms with Crippen molar-refractivity contribution < 1.29 is 19.1 Å². The molecule has 0 aliphatic rings. The van der Waals surface area contributed by atoms with Gasteiger partial charge in [0, 0.05) is 0 Å². The zero-order valence-electron chi connectivity index (χ0n) is 10.9. The lowest BCUT2D eigenvalue weighted by Gasteiger charge is -2.14. The molecule has 0 saturated carbocycles. The van der Waals surface area contributed by atoms with Crippen molar-refractivity contribution in [3.05, 3.63) is 35.4 Å². The monoisotopic (exact) mass is 250 g/mol. The molecule has 1 rings (SSSR count).